The molecule has 0 fully saturated rings. The van der Waals surface area contributed by atoms with Gasteiger partial charge in [-0.2, -0.15) is 0 Å². The quantitative estimate of drug-likeness (QED) is 0.100. The topological polar surface area (TPSA) is 95.5 Å². The highest BCUT2D eigenvalue weighted by Crippen LogP contribution is 2.39. The van der Waals surface area contributed by atoms with Crippen molar-refractivity contribution in [1.82, 2.24) is 9.97 Å². The van der Waals surface area contributed by atoms with Crippen molar-refractivity contribution in [3.8, 4) is 22.3 Å². The SMILES string of the molecule is C=Cc1c(C(=O)OC)sc2c(-c3cc(F)cc(F)c3)ccnc12.COC(=O)c1sc2c(-c3cc(F)cc(F)c3)ccnc2c1C=O. The second-order valence-electron chi connectivity index (χ2n) is 9.38. The van der Waals surface area contributed by atoms with E-state index in [1.165, 1.54) is 57.0 Å². The number of halogens is 4. The molecule has 0 saturated heterocycles. The Morgan fingerprint density at radius 1 is 0.696 bits per heavy atom. The third kappa shape index (κ3) is 6.14. The number of carbonyl (C=O) groups is 3. The van der Waals surface area contributed by atoms with E-state index in [1.807, 2.05) is 0 Å². The van der Waals surface area contributed by atoms with Crippen molar-refractivity contribution in [2.24, 2.45) is 0 Å². The van der Waals surface area contributed by atoms with Gasteiger partial charge in [-0.1, -0.05) is 12.7 Å². The van der Waals surface area contributed by atoms with Crippen LogP contribution in [0.4, 0.5) is 17.6 Å². The Kier molecular flexibility index (Phi) is 9.35. The molecule has 4 aromatic heterocycles. The van der Waals surface area contributed by atoms with Crippen molar-refractivity contribution >= 4 is 67.4 Å². The maximum absolute atomic E-state index is 13.5. The molecule has 7 nitrogen and oxygen atoms in total. The van der Waals surface area contributed by atoms with Gasteiger partial charge < -0.3 is 9.47 Å². The number of benzene rings is 2. The number of esters is 2. The number of rotatable bonds is 6. The van der Waals surface area contributed by atoms with E-state index in [-0.39, 0.29) is 10.4 Å². The Labute approximate surface area is 266 Å². The highest BCUT2D eigenvalue weighted by atomic mass is 32.1. The number of aldehydes is 1. The van der Waals surface area contributed by atoms with E-state index >= 15 is 0 Å². The van der Waals surface area contributed by atoms with Crippen LogP contribution in [0.3, 0.4) is 0 Å². The average molecular weight is 665 g/mol. The summed E-state index contributed by atoms with van der Waals surface area (Å²) in [5, 5.41) is 0. The zero-order chi connectivity index (χ0) is 33.1. The van der Waals surface area contributed by atoms with Crippen LogP contribution in [0.1, 0.15) is 35.3 Å². The standard InChI is InChI=1S/C17H11F2NO2S.C16H9F2NO3S/c1-3-12-14-15(23-16(12)17(21)22-2)13(4-5-20-14)9-6-10(18)8-11(19)7-9;1-22-16(21)15-12(7-20)13-14(23-15)11(2-3-19-13)8-4-9(17)6-10(18)5-8/h3-8H,1H2,2H3;2-7H,1H3. The number of fused-ring (bicyclic) bond motifs is 2. The van der Waals surface area contributed by atoms with E-state index in [2.05, 4.69) is 21.3 Å². The molecule has 0 unspecified atom stereocenters. The second-order valence-corrected chi connectivity index (χ2v) is 11.4. The summed E-state index contributed by atoms with van der Waals surface area (Å²) in [7, 11) is 2.49. The van der Waals surface area contributed by atoms with Crippen molar-refractivity contribution in [2.45, 2.75) is 0 Å². The molecule has 0 spiro atoms. The van der Waals surface area contributed by atoms with Crippen molar-refractivity contribution in [3.05, 3.63) is 112 Å². The molecule has 2 aromatic carbocycles. The molecule has 4 heterocycles. The molecule has 0 atom stereocenters. The Morgan fingerprint density at radius 3 is 1.46 bits per heavy atom. The van der Waals surface area contributed by atoms with Crippen LogP contribution >= 0.6 is 22.7 Å². The molecule has 232 valence electrons. The first kappa shape index (κ1) is 32.1. The number of hydrogen-bond donors (Lipinski definition) is 0. The van der Waals surface area contributed by atoms with Crippen molar-refractivity contribution in [3.63, 3.8) is 0 Å². The predicted octanol–water partition coefficient (Wildman–Crippen LogP) is 8.51. The number of aromatic nitrogens is 2. The fourth-order valence-corrected chi connectivity index (χ4v) is 7.07. The van der Waals surface area contributed by atoms with Gasteiger partial charge in [0.25, 0.3) is 0 Å². The summed E-state index contributed by atoms with van der Waals surface area (Å²) in [6.45, 7) is 3.70. The molecule has 46 heavy (non-hydrogen) atoms. The number of pyridine rings is 2. The van der Waals surface area contributed by atoms with Crippen LogP contribution in [-0.4, -0.2) is 42.4 Å². The number of ether oxygens (including phenoxy) is 2. The van der Waals surface area contributed by atoms with Crippen LogP contribution in [0.2, 0.25) is 0 Å². The predicted molar refractivity (Wildman–Crippen MR) is 168 cm³/mol. The van der Waals surface area contributed by atoms with Crippen molar-refractivity contribution < 1.29 is 41.4 Å². The molecule has 0 saturated carbocycles. The maximum Gasteiger partial charge on any atom is 0.348 e. The van der Waals surface area contributed by atoms with Crippen LogP contribution < -0.4 is 0 Å². The number of thiophene rings is 2. The highest BCUT2D eigenvalue weighted by Gasteiger charge is 2.23. The molecule has 6 aromatic rings. The van der Waals surface area contributed by atoms with Crippen molar-refractivity contribution in [2.75, 3.05) is 14.2 Å². The first-order valence-corrected chi connectivity index (χ1v) is 14.7. The van der Waals surface area contributed by atoms with Gasteiger partial charge in [0.1, 0.15) is 33.0 Å². The van der Waals surface area contributed by atoms with E-state index in [0.29, 0.717) is 59.4 Å². The zero-order valence-corrected chi connectivity index (χ0v) is 25.5. The summed E-state index contributed by atoms with van der Waals surface area (Å²) in [4.78, 5) is 43.9. The summed E-state index contributed by atoms with van der Waals surface area (Å²) < 4.78 is 64.5. The van der Waals surface area contributed by atoms with Gasteiger partial charge in [-0.3, -0.25) is 14.8 Å². The fraction of sp³-hybridized carbons (Fsp3) is 0.0606. The third-order valence-electron chi connectivity index (χ3n) is 6.63. The lowest BCUT2D eigenvalue weighted by Gasteiger charge is -2.04. The van der Waals surface area contributed by atoms with Crippen LogP contribution in [0.25, 0.3) is 48.8 Å². The molecule has 6 rings (SSSR count). The number of nitrogens with zero attached hydrogens (tertiary/aromatic N) is 2. The van der Waals surface area contributed by atoms with Gasteiger partial charge >= 0.3 is 11.9 Å². The van der Waals surface area contributed by atoms with Gasteiger partial charge in [-0.25, -0.2) is 27.2 Å². The normalized spacial score (nSPS) is 10.7. The van der Waals surface area contributed by atoms with E-state index in [1.54, 1.807) is 12.1 Å². The Morgan fingerprint density at radius 2 is 1.09 bits per heavy atom. The molecule has 0 aliphatic rings. The number of hydrogen-bond acceptors (Lipinski definition) is 9. The largest absolute Gasteiger partial charge is 0.465 e. The lowest BCUT2D eigenvalue weighted by molar-refractivity contribution is 0.0596. The minimum atomic E-state index is -0.717. The van der Waals surface area contributed by atoms with Gasteiger partial charge in [-0.15, -0.1) is 22.7 Å². The Hall–Kier alpha value is -5.27. The van der Waals surface area contributed by atoms with Crippen LogP contribution in [-0.2, 0) is 9.47 Å². The molecule has 0 bridgehead atoms. The minimum Gasteiger partial charge on any atom is -0.465 e. The zero-order valence-electron chi connectivity index (χ0n) is 23.9. The summed E-state index contributed by atoms with van der Waals surface area (Å²) in [5.74, 6) is -3.93. The third-order valence-corrected chi connectivity index (χ3v) is 9.04. The first-order valence-electron chi connectivity index (χ1n) is 13.1. The summed E-state index contributed by atoms with van der Waals surface area (Å²) in [6.07, 6.45) is 4.99. The minimum absolute atomic E-state index is 0.106. The van der Waals surface area contributed by atoms with Crippen LogP contribution in [0, 0.1) is 23.3 Å². The monoisotopic (exact) mass is 664 g/mol. The van der Waals surface area contributed by atoms with Crippen molar-refractivity contribution in [1.29, 1.82) is 0 Å². The molecule has 0 N–H and O–H groups in total. The van der Waals surface area contributed by atoms with E-state index in [9.17, 15) is 31.9 Å². The van der Waals surface area contributed by atoms with Gasteiger partial charge in [0.05, 0.1) is 40.2 Å². The van der Waals surface area contributed by atoms with E-state index in [0.717, 1.165) is 34.8 Å². The summed E-state index contributed by atoms with van der Waals surface area (Å²) >= 11 is 2.16. The van der Waals surface area contributed by atoms with Crippen LogP contribution in [0.15, 0.2) is 67.5 Å². The van der Waals surface area contributed by atoms with Gasteiger partial charge in [0.15, 0.2) is 6.29 Å². The van der Waals surface area contributed by atoms with Gasteiger partial charge in [0, 0.05) is 41.2 Å². The number of carbonyl (C=O) groups excluding carboxylic acids is 3. The molecule has 0 amide bonds. The number of methoxy groups -OCH3 is 2. The molecular weight excluding hydrogens is 644 g/mol. The van der Waals surface area contributed by atoms with Crippen LogP contribution in [0.5, 0.6) is 0 Å². The molecule has 0 aliphatic carbocycles. The molecule has 13 heteroatoms. The van der Waals surface area contributed by atoms with E-state index < -0.39 is 35.2 Å². The first-order chi connectivity index (χ1) is 22.1. The molecule has 0 aliphatic heterocycles. The molecular formula is C33H20F4N2O5S2. The fourth-order valence-electron chi connectivity index (χ4n) is 4.68. The van der Waals surface area contributed by atoms with Gasteiger partial charge in [0.2, 0.25) is 0 Å². The second kappa shape index (κ2) is 13.4. The smallest absolute Gasteiger partial charge is 0.348 e. The van der Waals surface area contributed by atoms with Gasteiger partial charge in [-0.05, 0) is 47.5 Å². The Balaban J connectivity index is 0.000000181. The lowest BCUT2D eigenvalue weighted by atomic mass is 10.0. The molecule has 0 radical (unpaired) electrons. The lowest BCUT2D eigenvalue weighted by Crippen LogP contribution is -2.01. The highest BCUT2D eigenvalue weighted by molar-refractivity contribution is 7.22. The summed E-state index contributed by atoms with van der Waals surface area (Å²) in [6, 6.07) is 9.64. The maximum atomic E-state index is 13.5. The Bertz CT molecular complexity index is 1980. The van der Waals surface area contributed by atoms with E-state index in [4.69, 9.17) is 4.74 Å². The average Bonchev–Trinajstić information content (AvgIpc) is 3.61. The summed E-state index contributed by atoms with van der Waals surface area (Å²) in [5.41, 5.74) is 3.26.